The van der Waals surface area contributed by atoms with Crippen molar-refractivity contribution in [3.63, 3.8) is 0 Å². The predicted octanol–water partition coefficient (Wildman–Crippen LogP) is 4.45. The number of hydrogen-bond donors (Lipinski definition) is 0. The zero-order valence-corrected chi connectivity index (χ0v) is 15.0. The number of imidazole rings is 1. The first-order valence-electron chi connectivity index (χ1n) is 6.82. The van der Waals surface area contributed by atoms with Gasteiger partial charge in [0.2, 0.25) is 0 Å². The van der Waals surface area contributed by atoms with Gasteiger partial charge in [0.1, 0.15) is 10.3 Å². The monoisotopic (exact) mass is 391 g/mol. The summed E-state index contributed by atoms with van der Waals surface area (Å²) in [6, 6.07) is 14.1. The average molecular weight is 392 g/mol. The standard InChI is InChI=1S/C16H14BrN3O2S/c1-19(16(21)22-2)15-14(17)20-10-12(8-9-13(20)18-15)23-11-6-4-3-5-7-11/h3-10H,1-2H3. The molecule has 0 saturated heterocycles. The molecule has 0 aliphatic carbocycles. The van der Waals surface area contributed by atoms with E-state index in [2.05, 4.69) is 33.0 Å². The van der Waals surface area contributed by atoms with Crippen LogP contribution in [0.5, 0.6) is 0 Å². The molecular weight excluding hydrogens is 378 g/mol. The van der Waals surface area contributed by atoms with E-state index >= 15 is 0 Å². The minimum absolute atomic E-state index is 0.465. The fraction of sp³-hybridized carbons (Fsp3) is 0.125. The van der Waals surface area contributed by atoms with Crippen molar-refractivity contribution < 1.29 is 9.53 Å². The van der Waals surface area contributed by atoms with Crippen molar-refractivity contribution in [2.75, 3.05) is 19.1 Å². The molecular formula is C16H14BrN3O2S. The Hall–Kier alpha value is -1.99. The van der Waals surface area contributed by atoms with E-state index in [9.17, 15) is 4.79 Å². The molecule has 0 radical (unpaired) electrons. The molecule has 0 aliphatic heterocycles. The molecule has 5 nitrogen and oxygen atoms in total. The third-order valence-corrected chi connectivity index (χ3v) is 4.98. The topological polar surface area (TPSA) is 46.8 Å². The number of rotatable bonds is 3. The van der Waals surface area contributed by atoms with Gasteiger partial charge in [0.05, 0.1) is 7.11 Å². The molecule has 0 atom stereocenters. The summed E-state index contributed by atoms with van der Waals surface area (Å²) in [5.74, 6) is 0.513. The highest BCUT2D eigenvalue weighted by Crippen LogP contribution is 2.31. The van der Waals surface area contributed by atoms with Crippen molar-refractivity contribution in [3.05, 3.63) is 53.3 Å². The average Bonchev–Trinajstić information content (AvgIpc) is 2.91. The summed E-state index contributed by atoms with van der Waals surface area (Å²) in [5, 5.41) is 0. The fourth-order valence-corrected chi connectivity index (χ4v) is 3.60. The molecule has 7 heteroatoms. The number of anilines is 1. The lowest BCUT2D eigenvalue weighted by molar-refractivity contribution is 0.180. The summed E-state index contributed by atoms with van der Waals surface area (Å²) < 4.78 is 7.34. The molecule has 2 heterocycles. The minimum atomic E-state index is -0.465. The Morgan fingerprint density at radius 3 is 2.65 bits per heavy atom. The van der Waals surface area contributed by atoms with Gasteiger partial charge in [0, 0.05) is 23.0 Å². The summed E-state index contributed by atoms with van der Waals surface area (Å²) in [4.78, 5) is 19.7. The van der Waals surface area contributed by atoms with Gasteiger partial charge in [-0.15, -0.1) is 0 Å². The molecule has 118 valence electrons. The first-order valence-corrected chi connectivity index (χ1v) is 8.43. The molecule has 3 rings (SSSR count). The number of ether oxygens (including phenoxy) is 1. The Bertz CT molecular complexity index is 851. The van der Waals surface area contributed by atoms with E-state index in [-0.39, 0.29) is 0 Å². The lowest BCUT2D eigenvalue weighted by atomic mass is 10.4. The lowest BCUT2D eigenvalue weighted by Crippen LogP contribution is -2.26. The minimum Gasteiger partial charge on any atom is -0.452 e. The Morgan fingerprint density at radius 1 is 1.22 bits per heavy atom. The molecule has 1 aromatic carbocycles. The molecule has 0 fully saturated rings. The van der Waals surface area contributed by atoms with Gasteiger partial charge in [-0.05, 0) is 40.2 Å². The van der Waals surface area contributed by atoms with Crippen molar-refractivity contribution in [2.45, 2.75) is 9.79 Å². The van der Waals surface area contributed by atoms with E-state index in [1.54, 1.807) is 18.8 Å². The third-order valence-electron chi connectivity index (χ3n) is 3.26. The van der Waals surface area contributed by atoms with Crippen LogP contribution in [-0.2, 0) is 4.74 Å². The maximum absolute atomic E-state index is 11.7. The van der Waals surface area contributed by atoms with Crippen LogP contribution < -0.4 is 4.90 Å². The van der Waals surface area contributed by atoms with Crippen molar-refractivity contribution in [3.8, 4) is 0 Å². The summed E-state index contributed by atoms with van der Waals surface area (Å²) in [5.41, 5.74) is 0.750. The normalized spacial score (nSPS) is 10.7. The highest BCUT2D eigenvalue weighted by Gasteiger charge is 2.19. The number of halogens is 1. The fourth-order valence-electron chi connectivity index (χ4n) is 2.11. The number of carbonyl (C=O) groups is 1. The molecule has 23 heavy (non-hydrogen) atoms. The Morgan fingerprint density at radius 2 is 1.96 bits per heavy atom. The molecule has 0 saturated carbocycles. The maximum Gasteiger partial charge on any atom is 0.415 e. The number of hydrogen-bond acceptors (Lipinski definition) is 4. The van der Waals surface area contributed by atoms with Crippen molar-refractivity contribution in [1.82, 2.24) is 9.38 Å². The van der Waals surface area contributed by atoms with Crippen molar-refractivity contribution in [1.29, 1.82) is 0 Å². The summed E-state index contributed by atoms with van der Waals surface area (Å²) in [6.07, 6.45) is 1.52. The number of nitrogens with zero attached hydrogens (tertiary/aromatic N) is 3. The zero-order chi connectivity index (χ0) is 16.4. The number of fused-ring (bicyclic) bond motifs is 1. The van der Waals surface area contributed by atoms with E-state index < -0.39 is 6.09 Å². The van der Waals surface area contributed by atoms with Gasteiger partial charge in [-0.1, -0.05) is 30.0 Å². The number of aromatic nitrogens is 2. The molecule has 0 unspecified atom stereocenters. The molecule has 0 N–H and O–H groups in total. The highest BCUT2D eigenvalue weighted by atomic mass is 79.9. The first-order chi connectivity index (χ1) is 11.1. The third kappa shape index (κ3) is 3.20. The van der Waals surface area contributed by atoms with Crippen LogP contribution in [0.2, 0.25) is 0 Å². The van der Waals surface area contributed by atoms with Crippen LogP contribution in [0.15, 0.2) is 63.1 Å². The Kier molecular flexibility index (Phi) is 4.58. The van der Waals surface area contributed by atoms with Crippen LogP contribution in [0.4, 0.5) is 10.6 Å². The van der Waals surface area contributed by atoms with Crippen molar-refractivity contribution >= 4 is 45.3 Å². The van der Waals surface area contributed by atoms with Gasteiger partial charge in [-0.2, -0.15) is 0 Å². The largest absolute Gasteiger partial charge is 0.452 e. The quantitative estimate of drug-likeness (QED) is 0.661. The predicted molar refractivity (Wildman–Crippen MR) is 94.3 cm³/mol. The first kappa shape index (κ1) is 15.9. The molecule has 0 spiro atoms. The van der Waals surface area contributed by atoms with Crippen LogP contribution in [0, 0.1) is 0 Å². The van der Waals surface area contributed by atoms with Gasteiger partial charge in [-0.3, -0.25) is 9.30 Å². The molecule has 3 aromatic rings. The smallest absolute Gasteiger partial charge is 0.415 e. The number of benzene rings is 1. The number of carbonyl (C=O) groups excluding carboxylic acids is 1. The maximum atomic E-state index is 11.7. The van der Waals surface area contributed by atoms with E-state index in [0.29, 0.717) is 10.4 Å². The van der Waals surface area contributed by atoms with Gasteiger partial charge >= 0.3 is 6.09 Å². The molecule has 1 amide bonds. The highest BCUT2D eigenvalue weighted by molar-refractivity contribution is 9.10. The summed E-state index contributed by atoms with van der Waals surface area (Å²) in [7, 11) is 2.97. The van der Waals surface area contributed by atoms with Gasteiger partial charge in [-0.25, -0.2) is 9.78 Å². The SMILES string of the molecule is COC(=O)N(C)c1nc2ccc(Sc3ccccc3)cn2c1Br. The van der Waals surface area contributed by atoms with Gasteiger partial charge in [0.25, 0.3) is 0 Å². The van der Waals surface area contributed by atoms with Crippen LogP contribution in [0.1, 0.15) is 0 Å². The van der Waals surface area contributed by atoms with Gasteiger partial charge < -0.3 is 4.74 Å². The second kappa shape index (κ2) is 6.64. The van der Waals surface area contributed by atoms with Gasteiger partial charge in [0.15, 0.2) is 5.82 Å². The molecule has 0 bridgehead atoms. The molecule has 2 aromatic heterocycles. The van der Waals surface area contributed by atoms with Crippen LogP contribution in [0.3, 0.4) is 0 Å². The lowest BCUT2D eigenvalue weighted by Gasteiger charge is -2.12. The number of methoxy groups -OCH3 is 1. The number of amides is 1. The van der Waals surface area contributed by atoms with Crippen LogP contribution >= 0.6 is 27.7 Å². The van der Waals surface area contributed by atoms with Crippen molar-refractivity contribution in [2.24, 2.45) is 0 Å². The summed E-state index contributed by atoms with van der Waals surface area (Å²) >= 11 is 5.18. The second-order valence-electron chi connectivity index (χ2n) is 4.76. The summed E-state index contributed by atoms with van der Waals surface area (Å²) in [6.45, 7) is 0. The Labute approximate surface area is 146 Å². The Balaban J connectivity index is 1.97. The van der Waals surface area contributed by atoms with E-state index in [1.807, 2.05) is 40.9 Å². The molecule has 0 aliphatic rings. The van der Waals surface area contributed by atoms with Crippen LogP contribution in [-0.4, -0.2) is 29.6 Å². The van der Waals surface area contributed by atoms with E-state index in [1.165, 1.54) is 12.0 Å². The van der Waals surface area contributed by atoms with Crippen LogP contribution in [0.25, 0.3) is 5.65 Å². The number of pyridine rings is 1. The second-order valence-corrected chi connectivity index (χ2v) is 6.66. The van der Waals surface area contributed by atoms with E-state index in [0.717, 1.165) is 15.4 Å². The van der Waals surface area contributed by atoms with E-state index in [4.69, 9.17) is 4.74 Å². The zero-order valence-electron chi connectivity index (χ0n) is 12.6.